The van der Waals surface area contributed by atoms with Gasteiger partial charge in [-0.1, -0.05) is 42.8 Å². The van der Waals surface area contributed by atoms with Gasteiger partial charge in [-0.3, -0.25) is 4.79 Å². The highest BCUT2D eigenvalue weighted by atomic mass is 32.2. The van der Waals surface area contributed by atoms with Crippen LogP contribution in [0.3, 0.4) is 0 Å². The van der Waals surface area contributed by atoms with Crippen LogP contribution in [-0.2, 0) is 14.8 Å². The lowest BCUT2D eigenvalue weighted by Crippen LogP contribution is -2.35. The normalized spacial score (nSPS) is 16.0. The smallest absolute Gasteiger partial charge is 0.265 e. The van der Waals surface area contributed by atoms with Crippen LogP contribution in [-0.4, -0.2) is 37.8 Å². The van der Waals surface area contributed by atoms with Crippen molar-refractivity contribution in [2.45, 2.75) is 37.2 Å². The van der Waals surface area contributed by atoms with Crippen molar-refractivity contribution in [3.8, 4) is 5.75 Å². The Hall–Kier alpha value is -2.90. The molecule has 6 nitrogen and oxygen atoms in total. The third-order valence-corrected chi connectivity index (χ3v) is 7.41. The molecule has 0 radical (unpaired) electrons. The van der Waals surface area contributed by atoms with Gasteiger partial charge in [-0.2, -0.15) is 4.31 Å². The minimum Gasteiger partial charge on any atom is -0.480 e. The molecule has 1 fully saturated rings. The lowest BCUT2D eigenvalue weighted by atomic mass is 10.1. The fraction of sp³-hybridized carbons (Fsp3) is 0.292. The van der Waals surface area contributed by atoms with E-state index in [0.29, 0.717) is 24.5 Å². The van der Waals surface area contributed by atoms with Gasteiger partial charge in [0.25, 0.3) is 5.91 Å². The van der Waals surface area contributed by atoms with Crippen molar-refractivity contribution in [2.24, 2.45) is 0 Å². The van der Waals surface area contributed by atoms with Gasteiger partial charge in [-0.05, 0) is 55.5 Å². The number of piperidine rings is 1. The van der Waals surface area contributed by atoms with Gasteiger partial charge in [-0.15, -0.1) is 0 Å². The van der Waals surface area contributed by atoms with Crippen LogP contribution in [0.4, 0.5) is 5.69 Å². The lowest BCUT2D eigenvalue weighted by molar-refractivity contribution is -0.122. The summed E-state index contributed by atoms with van der Waals surface area (Å²) in [6.07, 6.45) is 2.13. The van der Waals surface area contributed by atoms with E-state index < -0.39 is 16.1 Å². The molecule has 1 unspecified atom stereocenters. The van der Waals surface area contributed by atoms with Crippen LogP contribution < -0.4 is 10.1 Å². The second-order valence-electron chi connectivity index (χ2n) is 7.72. The number of amides is 1. The minimum absolute atomic E-state index is 0.243. The van der Waals surface area contributed by atoms with Gasteiger partial charge in [0.05, 0.1) is 4.90 Å². The summed E-state index contributed by atoms with van der Waals surface area (Å²) in [6.45, 7) is 2.81. The van der Waals surface area contributed by atoms with Crippen LogP contribution in [0.5, 0.6) is 5.75 Å². The molecule has 3 aromatic rings. The quantitative estimate of drug-likeness (QED) is 0.618. The summed E-state index contributed by atoms with van der Waals surface area (Å²) in [5.74, 6) is 0.336. The number of hydrogen-bond donors (Lipinski definition) is 1. The first-order valence-electron chi connectivity index (χ1n) is 10.5. The number of nitrogens with one attached hydrogen (secondary N) is 1. The van der Waals surface area contributed by atoms with Crippen molar-refractivity contribution in [1.82, 2.24) is 4.31 Å². The summed E-state index contributed by atoms with van der Waals surface area (Å²) in [7, 11) is -3.49. The molecule has 1 atom stereocenters. The number of carbonyl (C=O) groups is 1. The second kappa shape index (κ2) is 9.08. The van der Waals surface area contributed by atoms with Crippen LogP contribution in [0.1, 0.15) is 26.2 Å². The summed E-state index contributed by atoms with van der Waals surface area (Å²) in [5.41, 5.74) is 0.524. The Morgan fingerprint density at radius 2 is 1.61 bits per heavy atom. The Morgan fingerprint density at radius 3 is 2.35 bits per heavy atom. The summed E-state index contributed by atoms with van der Waals surface area (Å²) in [6, 6.07) is 19.9. The molecule has 1 aliphatic heterocycles. The standard InChI is InChI=1S/C24H26N2O4S/c1-18(30-23-11-7-9-19-8-3-4-10-22(19)23)24(27)25-20-12-14-21(15-13-20)31(28,29)26-16-5-2-6-17-26/h3-4,7-15,18H,2,5-6,16-17H2,1H3,(H,25,27). The van der Waals surface area contributed by atoms with Crippen molar-refractivity contribution in [1.29, 1.82) is 0 Å². The zero-order valence-electron chi connectivity index (χ0n) is 17.5. The first-order chi connectivity index (χ1) is 14.9. The predicted octanol–water partition coefficient (Wildman–Crippen LogP) is 4.42. The SMILES string of the molecule is CC(Oc1cccc2ccccc12)C(=O)Nc1ccc(S(=O)(=O)N2CCCCC2)cc1. The maximum absolute atomic E-state index is 12.8. The van der Waals surface area contributed by atoms with Crippen molar-refractivity contribution >= 4 is 32.4 Å². The van der Waals surface area contributed by atoms with E-state index in [2.05, 4.69) is 5.32 Å². The van der Waals surface area contributed by atoms with Gasteiger partial charge in [0.15, 0.2) is 6.10 Å². The highest BCUT2D eigenvalue weighted by molar-refractivity contribution is 7.89. The van der Waals surface area contributed by atoms with Gasteiger partial charge in [0, 0.05) is 24.2 Å². The van der Waals surface area contributed by atoms with E-state index in [0.717, 1.165) is 30.0 Å². The number of rotatable bonds is 6. The molecule has 0 saturated carbocycles. The molecule has 0 aliphatic carbocycles. The lowest BCUT2D eigenvalue weighted by Gasteiger charge is -2.25. The molecular formula is C24H26N2O4S. The van der Waals surface area contributed by atoms with Crippen LogP contribution in [0.25, 0.3) is 10.8 Å². The minimum atomic E-state index is -3.49. The fourth-order valence-electron chi connectivity index (χ4n) is 3.75. The Balaban J connectivity index is 1.42. The Bertz CT molecular complexity index is 1160. The second-order valence-corrected chi connectivity index (χ2v) is 9.65. The molecule has 1 amide bonds. The topological polar surface area (TPSA) is 75.7 Å². The number of fused-ring (bicyclic) bond motifs is 1. The molecule has 0 aromatic heterocycles. The van der Waals surface area contributed by atoms with Gasteiger partial charge in [-0.25, -0.2) is 8.42 Å². The van der Waals surface area contributed by atoms with E-state index in [9.17, 15) is 13.2 Å². The number of sulfonamides is 1. The van der Waals surface area contributed by atoms with E-state index in [-0.39, 0.29) is 10.8 Å². The van der Waals surface area contributed by atoms with E-state index in [1.807, 2.05) is 42.5 Å². The van der Waals surface area contributed by atoms with E-state index >= 15 is 0 Å². The number of carbonyl (C=O) groups excluding carboxylic acids is 1. The van der Waals surface area contributed by atoms with Crippen molar-refractivity contribution < 1.29 is 17.9 Å². The maximum Gasteiger partial charge on any atom is 0.265 e. The maximum atomic E-state index is 12.8. The third kappa shape index (κ3) is 4.73. The molecule has 31 heavy (non-hydrogen) atoms. The molecule has 1 N–H and O–H groups in total. The highest BCUT2D eigenvalue weighted by Crippen LogP contribution is 2.26. The number of anilines is 1. The monoisotopic (exact) mass is 438 g/mol. The van der Waals surface area contributed by atoms with Gasteiger partial charge in [0.2, 0.25) is 10.0 Å². The van der Waals surface area contributed by atoms with Crippen molar-refractivity contribution in [2.75, 3.05) is 18.4 Å². The Kier molecular flexibility index (Phi) is 6.25. The van der Waals surface area contributed by atoms with Gasteiger partial charge in [0.1, 0.15) is 5.75 Å². The summed E-state index contributed by atoms with van der Waals surface area (Å²) < 4.78 is 33.0. The number of benzene rings is 3. The van der Waals surface area contributed by atoms with Crippen LogP contribution in [0.2, 0.25) is 0 Å². The first-order valence-corrected chi connectivity index (χ1v) is 11.9. The molecule has 1 aliphatic rings. The first kappa shape index (κ1) is 21.3. The van der Waals surface area contributed by atoms with E-state index in [1.54, 1.807) is 19.1 Å². The number of hydrogen-bond acceptors (Lipinski definition) is 4. The van der Waals surface area contributed by atoms with Crippen molar-refractivity contribution in [3.05, 3.63) is 66.7 Å². The molecule has 1 saturated heterocycles. The fourth-order valence-corrected chi connectivity index (χ4v) is 5.27. The van der Waals surface area contributed by atoms with Crippen LogP contribution in [0.15, 0.2) is 71.6 Å². The zero-order valence-corrected chi connectivity index (χ0v) is 18.3. The molecule has 1 heterocycles. The molecule has 4 rings (SSSR count). The van der Waals surface area contributed by atoms with Gasteiger partial charge < -0.3 is 10.1 Å². The van der Waals surface area contributed by atoms with Crippen LogP contribution in [0, 0.1) is 0 Å². The molecule has 162 valence electrons. The molecular weight excluding hydrogens is 412 g/mol. The summed E-state index contributed by atoms with van der Waals surface area (Å²) >= 11 is 0. The molecule has 0 bridgehead atoms. The van der Waals surface area contributed by atoms with E-state index in [1.165, 1.54) is 16.4 Å². The van der Waals surface area contributed by atoms with E-state index in [4.69, 9.17) is 4.74 Å². The molecule has 7 heteroatoms. The Morgan fingerprint density at radius 1 is 0.935 bits per heavy atom. The Labute approximate surface area is 182 Å². The highest BCUT2D eigenvalue weighted by Gasteiger charge is 2.26. The summed E-state index contributed by atoms with van der Waals surface area (Å²) in [4.78, 5) is 12.9. The number of nitrogens with zero attached hydrogens (tertiary/aromatic N) is 1. The zero-order chi connectivity index (χ0) is 21.8. The summed E-state index contributed by atoms with van der Waals surface area (Å²) in [5, 5.41) is 4.78. The largest absolute Gasteiger partial charge is 0.480 e. The predicted molar refractivity (Wildman–Crippen MR) is 122 cm³/mol. The average molecular weight is 439 g/mol. The van der Waals surface area contributed by atoms with Gasteiger partial charge >= 0.3 is 0 Å². The van der Waals surface area contributed by atoms with Crippen LogP contribution >= 0.6 is 0 Å². The molecule has 3 aromatic carbocycles. The number of ether oxygens (including phenoxy) is 1. The third-order valence-electron chi connectivity index (χ3n) is 5.50. The average Bonchev–Trinajstić information content (AvgIpc) is 2.80. The molecule has 0 spiro atoms. The van der Waals surface area contributed by atoms with Crippen molar-refractivity contribution in [3.63, 3.8) is 0 Å².